The number of anilines is 2. The number of rotatable bonds is 3. The molecule has 6 nitrogen and oxygen atoms in total. The molecule has 2 saturated heterocycles. The number of aryl methyl sites for hydroxylation is 1. The molecule has 0 spiro atoms. The highest BCUT2D eigenvalue weighted by Crippen LogP contribution is 2.47. The third kappa shape index (κ3) is 2.46. The minimum atomic E-state index is -0.885. The number of hydrogen-bond donors (Lipinski definition) is 0. The third-order valence-electron chi connectivity index (χ3n) is 5.25. The molecular formula is C22H18N2O4. The molecule has 0 unspecified atom stereocenters. The van der Waals surface area contributed by atoms with Crippen molar-refractivity contribution in [3.05, 3.63) is 84.3 Å². The Morgan fingerprint density at radius 2 is 1.57 bits per heavy atom. The molecule has 0 saturated carbocycles. The Bertz CT molecular complexity index is 1010. The standard InChI is InChI=1S/C22H18N2O4/c1-14-9-11-15(12-10-14)23-21(25)18-19(17-8-5-13-27-17)24(28-20(18)22(23)26)16-6-3-2-4-7-16/h2-13,18-20H,1H3/t18-,19+,20-/m0/s1. The highest BCUT2D eigenvalue weighted by molar-refractivity contribution is 6.23. The van der Waals surface area contributed by atoms with Crippen LogP contribution in [0.15, 0.2) is 77.4 Å². The zero-order valence-corrected chi connectivity index (χ0v) is 15.2. The maximum Gasteiger partial charge on any atom is 0.266 e. The van der Waals surface area contributed by atoms with Crippen molar-refractivity contribution >= 4 is 23.2 Å². The van der Waals surface area contributed by atoms with Gasteiger partial charge in [0.2, 0.25) is 5.91 Å². The summed E-state index contributed by atoms with van der Waals surface area (Å²) >= 11 is 0. The van der Waals surface area contributed by atoms with E-state index in [2.05, 4.69) is 0 Å². The van der Waals surface area contributed by atoms with Crippen LogP contribution in [-0.4, -0.2) is 17.9 Å². The summed E-state index contributed by atoms with van der Waals surface area (Å²) in [5.74, 6) is -0.726. The van der Waals surface area contributed by atoms with E-state index >= 15 is 0 Å². The summed E-state index contributed by atoms with van der Waals surface area (Å²) in [6.45, 7) is 1.96. The maximum absolute atomic E-state index is 13.3. The van der Waals surface area contributed by atoms with E-state index in [1.807, 2.05) is 49.4 Å². The number of amides is 2. The van der Waals surface area contributed by atoms with Crippen molar-refractivity contribution in [2.24, 2.45) is 5.92 Å². The van der Waals surface area contributed by atoms with Crippen LogP contribution >= 0.6 is 0 Å². The number of hydroxylamine groups is 1. The highest BCUT2D eigenvalue weighted by Gasteiger charge is 2.61. The molecule has 2 aliphatic rings. The molecule has 5 rings (SSSR count). The highest BCUT2D eigenvalue weighted by atomic mass is 16.7. The van der Waals surface area contributed by atoms with Gasteiger partial charge in [0.15, 0.2) is 6.10 Å². The number of carbonyl (C=O) groups is 2. The number of benzene rings is 2. The van der Waals surface area contributed by atoms with Gasteiger partial charge in [-0.05, 0) is 43.3 Å². The molecule has 28 heavy (non-hydrogen) atoms. The number of imide groups is 1. The molecule has 0 N–H and O–H groups in total. The molecule has 140 valence electrons. The third-order valence-corrected chi connectivity index (χ3v) is 5.25. The van der Waals surface area contributed by atoms with Gasteiger partial charge in [-0.3, -0.25) is 14.4 Å². The van der Waals surface area contributed by atoms with E-state index in [0.29, 0.717) is 11.4 Å². The van der Waals surface area contributed by atoms with Crippen molar-refractivity contribution in [3.63, 3.8) is 0 Å². The van der Waals surface area contributed by atoms with E-state index in [4.69, 9.17) is 9.25 Å². The fraction of sp³-hybridized carbons (Fsp3) is 0.182. The van der Waals surface area contributed by atoms with Gasteiger partial charge in [0.05, 0.1) is 17.6 Å². The number of nitrogens with zero attached hydrogens (tertiary/aromatic N) is 2. The smallest absolute Gasteiger partial charge is 0.266 e. The summed E-state index contributed by atoms with van der Waals surface area (Å²) < 4.78 is 5.61. The summed E-state index contributed by atoms with van der Waals surface area (Å²) in [5, 5.41) is 1.62. The second kappa shape index (κ2) is 6.35. The van der Waals surface area contributed by atoms with Crippen LogP contribution in [0.2, 0.25) is 0 Å². The largest absolute Gasteiger partial charge is 0.467 e. The van der Waals surface area contributed by atoms with Gasteiger partial charge in [-0.25, -0.2) is 9.96 Å². The first-order valence-corrected chi connectivity index (χ1v) is 9.14. The van der Waals surface area contributed by atoms with Crippen molar-refractivity contribution < 1.29 is 18.8 Å². The van der Waals surface area contributed by atoms with Crippen LogP contribution in [0.1, 0.15) is 17.4 Å². The van der Waals surface area contributed by atoms with Gasteiger partial charge in [-0.2, -0.15) is 0 Å². The molecule has 0 aliphatic carbocycles. The van der Waals surface area contributed by atoms with Crippen molar-refractivity contribution in [1.29, 1.82) is 0 Å². The lowest BCUT2D eigenvalue weighted by atomic mass is 9.94. The van der Waals surface area contributed by atoms with Crippen LogP contribution in [0.5, 0.6) is 0 Å². The van der Waals surface area contributed by atoms with E-state index < -0.39 is 18.1 Å². The van der Waals surface area contributed by atoms with Gasteiger partial charge in [-0.15, -0.1) is 0 Å². The van der Waals surface area contributed by atoms with E-state index in [9.17, 15) is 9.59 Å². The predicted molar refractivity (Wildman–Crippen MR) is 102 cm³/mol. The predicted octanol–water partition coefficient (Wildman–Crippen LogP) is 3.64. The first-order valence-electron chi connectivity index (χ1n) is 9.14. The van der Waals surface area contributed by atoms with E-state index in [-0.39, 0.29) is 11.8 Å². The van der Waals surface area contributed by atoms with Crippen LogP contribution < -0.4 is 9.96 Å². The molecule has 3 heterocycles. The summed E-state index contributed by atoms with van der Waals surface area (Å²) in [6.07, 6.45) is 0.675. The fourth-order valence-corrected chi connectivity index (χ4v) is 3.91. The normalized spacial score (nSPS) is 24.1. The molecule has 3 aromatic rings. The zero-order valence-electron chi connectivity index (χ0n) is 15.2. The Kier molecular flexibility index (Phi) is 3.80. The molecule has 2 amide bonds. The number of furan rings is 1. The van der Waals surface area contributed by atoms with E-state index in [1.54, 1.807) is 35.6 Å². The lowest BCUT2D eigenvalue weighted by Gasteiger charge is -2.27. The molecule has 1 aromatic heterocycles. The van der Waals surface area contributed by atoms with E-state index in [1.165, 1.54) is 4.90 Å². The Morgan fingerprint density at radius 1 is 0.821 bits per heavy atom. The van der Waals surface area contributed by atoms with Gasteiger partial charge in [0.1, 0.15) is 17.7 Å². The average molecular weight is 374 g/mol. The number of hydrogen-bond acceptors (Lipinski definition) is 5. The van der Waals surface area contributed by atoms with Gasteiger partial charge < -0.3 is 4.42 Å². The van der Waals surface area contributed by atoms with Gasteiger partial charge >= 0.3 is 0 Å². The van der Waals surface area contributed by atoms with Gasteiger partial charge in [-0.1, -0.05) is 35.9 Å². The lowest BCUT2D eigenvalue weighted by Crippen LogP contribution is -2.37. The SMILES string of the molecule is Cc1ccc(N2C(=O)[C@@H]3[C@H](ON(c4ccccc4)[C@@H]3c3ccco3)C2=O)cc1. The second-order valence-corrected chi connectivity index (χ2v) is 7.02. The Balaban J connectivity index is 1.56. The number of para-hydroxylation sites is 1. The fourth-order valence-electron chi connectivity index (χ4n) is 3.91. The molecule has 2 aromatic carbocycles. The van der Waals surface area contributed by atoms with Crippen molar-refractivity contribution in [2.75, 3.05) is 9.96 Å². The molecular weight excluding hydrogens is 356 g/mol. The minimum absolute atomic E-state index is 0.279. The van der Waals surface area contributed by atoms with Crippen molar-refractivity contribution in [2.45, 2.75) is 19.1 Å². The average Bonchev–Trinajstić information content (AvgIpc) is 3.42. The molecule has 6 heteroatoms. The Labute approximate surface area is 161 Å². The van der Waals surface area contributed by atoms with Gasteiger partial charge in [0, 0.05) is 0 Å². The molecule has 0 radical (unpaired) electrons. The van der Waals surface area contributed by atoms with E-state index in [0.717, 1.165) is 11.3 Å². The van der Waals surface area contributed by atoms with Gasteiger partial charge in [0.25, 0.3) is 5.91 Å². The summed E-state index contributed by atoms with van der Waals surface area (Å²) in [6, 6.07) is 19.8. The Hall–Kier alpha value is -3.38. The second-order valence-electron chi connectivity index (χ2n) is 7.02. The van der Waals surface area contributed by atoms with Crippen molar-refractivity contribution in [3.8, 4) is 0 Å². The van der Waals surface area contributed by atoms with Crippen LogP contribution in [0.25, 0.3) is 0 Å². The van der Waals surface area contributed by atoms with Crippen LogP contribution in [0.4, 0.5) is 11.4 Å². The summed E-state index contributed by atoms with van der Waals surface area (Å²) in [5.41, 5.74) is 2.38. The quantitative estimate of drug-likeness (QED) is 0.655. The maximum atomic E-state index is 13.3. The molecule has 2 aliphatic heterocycles. The minimum Gasteiger partial charge on any atom is -0.467 e. The number of fused-ring (bicyclic) bond motifs is 1. The summed E-state index contributed by atoms with van der Waals surface area (Å²) in [4.78, 5) is 33.7. The molecule has 0 bridgehead atoms. The first kappa shape index (κ1) is 16.8. The van der Waals surface area contributed by atoms with Crippen LogP contribution in [0.3, 0.4) is 0 Å². The topological polar surface area (TPSA) is 63.0 Å². The number of carbonyl (C=O) groups excluding carboxylic acids is 2. The lowest BCUT2D eigenvalue weighted by molar-refractivity contribution is -0.126. The monoisotopic (exact) mass is 374 g/mol. The summed E-state index contributed by atoms with van der Waals surface area (Å²) in [7, 11) is 0. The van der Waals surface area contributed by atoms with Crippen LogP contribution in [0, 0.1) is 12.8 Å². The first-order chi connectivity index (χ1) is 13.6. The Morgan fingerprint density at radius 3 is 2.25 bits per heavy atom. The van der Waals surface area contributed by atoms with Crippen LogP contribution in [-0.2, 0) is 14.4 Å². The molecule has 3 atom stereocenters. The molecule has 2 fully saturated rings. The zero-order chi connectivity index (χ0) is 19.3. The van der Waals surface area contributed by atoms with Crippen molar-refractivity contribution in [1.82, 2.24) is 0 Å².